The largest absolute Gasteiger partial charge is 0.491 e. The lowest BCUT2D eigenvalue weighted by Gasteiger charge is -2.23. The average Bonchev–Trinajstić information content (AvgIpc) is 2.64. The molecule has 1 unspecified atom stereocenters. The Morgan fingerprint density at radius 2 is 1.96 bits per heavy atom. The van der Waals surface area contributed by atoms with E-state index in [1.807, 2.05) is 20.8 Å². The fourth-order valence-corrected chi connectivity index (χ4v) is 2.28. The Morgan fingerprint density at radius 3 is 2.59 bits per heavy atom. The first-order valence-corrected chi connectivity index (χ1v) is 8.83. The molecule has 1 aromatic carbocycles. The molecule has 0 N–H and O–H groups in total. The summed E-state index contributed by atoms with van der Waals surface area (Å²) in [5.74, 6) is 0.308. The van der Waals surface area contributed by atoms with Crippen molar-refractivity contribution in [1.29, 1.82) is 0 Å². The highest BCUT2D eigenvalue weighted by Gasteiger charge is 2.36. The summed E-state index contributed by atoms with van der Waals surface area (Å²) in [5.41, 5.74) is -0.413. The van der Waals surface area contributed by atoms with Crippen LogP contribution in [0.15, 0.2) is 30.5 Å². The third-order valence-electron chi connectivity index (χ3n) is 3.92. The summed E-state index contributed by atoms with van der Waals surface area (Å²) >= 11 is 0. The predicted molar refractivity (Wildman–Crippen MR) is 97.7 cm³/mol. The van der Waals surface area contributed by atoms with Crippen molar-refractivity contribution < 1.29 is 22.6 Å². The number of rotatable bonds is 8. The molecule has 0 aliphatic heterocycles. The van der Waals surface area contributed by atoms with Gasteiger partial charge in [-0.25, -0.2) is 4.98 Å². The van der Waals surface area contributed by atoms with Crippen LogP contribution in [0.2, 0.25) is 0 Å². The molecule has 0 saturated carbocycles. The minimum Gasteiger partial charge on any atom is -0.491 e. The van der Waals surface area contributed by atoms with Crippen molar-refractivity contribution in [1.82, 2.24) is 9.97 Å². The summed E-state index contributed by atoms with van der Waals surface area (Å²) in [4.78, 5) is 9.03. The first kappa shape index (κ1) is 20.8. The molecule has 0 radical (unpaired) electrons. The van der Waals surface area contributed by atoms with Crippen LogP contribution in [0.4, 0.5) is 24.7 Å². The van der Waals surface area contributed by atoms with Gasteiger partial charge in [0.05, 0.1) is 12.7 Å². The number of benzene rings is 1. The Morgan fingerprint density at radius 1 is 1.22 bits per heavy atom. The average molecular weight is 383 g/mol. The van der Waals surface area contributed by atoms with Gasteiger partial charge in [0, 0.05) is 25.0 Å². The number of hydrogen-bond donors (Lipinski definition) is 0. The minimum atomic E-state index is -4.59. The van der Waals surface area contributed by atoms with Crippen LogP contribution in [-0.2, 0) is 6.18 Å². The van der Waals surface area contributed by atoms with Gasteiger partial charge in [0.15, 0.2) is 5.82 Å². The zero-order valence-corrected chi connectivity index (χ0v) is 15.9. The van der Waals surface area contributed by atoms with Gasteiger partial charge in [0.2, 0.25) is 0 Å². The number of nitrogens with zero attached hydrogens (tertiary/aromatic N) is 3. The SMILES string of the molecule is CCCOc1ncc(C(F)(F)F)c(N(C)c2cccc(OC(C)CC)c2)n1. The smallest absolute Gasteiger partial charge is 0.421 e. The number of aromatic nitrogens is 2. The molecule has 0 aliphatic carbocycles. The fourth-order valence-electron chi connectivity index (χ4n) is 2.28. The van der Waals surface area contributed by atoms with Crippen LogP contribution < -0.4 is 14.4 Å². The topological polar surface area (TPSA) is 47.5 Å². The maximum Gasteiger partial charge on any atom is 0.421 e. The van der Waals surface area contributed by atoms with Gasteiger partial charge in [0.25, 0.3) is 0 Å². The summed E-state index contributed by atoms with van der Waals surface area (Å²) in [7, 11) is 1.52. The van der Waals surface area contributed by atoms with E-state index in [1.165, 1.54) is 11.9 Å². The van der Waals surface area contributed by atoms with E-state index in [9.17, 15) is 13.2 Å². The van der Waals surface area contributed by atoms with Gasteiger partial charge >= 0.3 is 12.2 Å². The number of hydrogen-bond acceptors (Lipinski definition) is 5. The van der Waals surface area contributed by atoms with Crippen molar-refractivity contribution in [3.63, 3.8) is 0 Å². The molecule has 1 atom stereocenters. The molecule has 0 fully saturated rings. The number of anilines is 2. The van der Waals surface area contributed by atoms with E-state index in [0.29, 0.717) is 24.5 Å². The van der Waals surface area contributed by atoms with E-state index in [1.54, 1.807) is 24.3 Å². The zero-order valence-electron chi connectivity index (χ0n) is 15.9. The second-order valence-corrected chi connectivity index (χ2v) is 6.13. The van der Waals surface area contributed by atoms with Crippen molar-refractivity contribution in [3.05, 3.63) is 36.0 Å². The molecule has 0 aliphatic rings. The minimum absolute atomic E-state index is 0.00406. The molecular weight excluding hydrogens is 359 g/mol. The lowest BCUT2D eigenvalue weighted by molar-refractivity contribution is -0.137. The fraction of sp³-hybridized carbons (Fsp3) is 0.474. The standard InChI is InChI=1S/C19H24F3N3O2/c1-5-10-26-18-23-12-16(19(20,21)22)17(24-18)25(4)14-8-7-9-15(11-14)27-13(3)6-2/h7-9,11-13H,5-6,10H2,1-4H3. The van der Waals surface area contributed by atoms with E-state index in [2.05, 4.69) is 9.97 Å². The molecule has 2 aromatic rings. The molecule has 2 rings (SSSR count). The molecule has 0 spiro atoms. The van der Waals surface area contributed by atoms with E-state index in [0.717, 1.165) is 12.6 Å². The third-order valence-corrected chi connectivity index (χ3v) is 3.92. The van der Waals surface area contributed by atoms with Crippen LogP contribution in [-0.4, -0.2) is 29.7 Å². The molecule has 27 heavy (non-hydrogen) atoms. The highest BCUT2D eigenvalue weighted by atomic mass is 19.4. The van der Waals surface area contributed by atoms with Gasteiger partial charge in [0.1, 0.15) is 11.3 Å². The Hall–Kier alpha value is -2.51. The lowest BCUT2D eigenvalue weighted by atomic mass is 10.2. The monoisotopic (exact) mass is 383 g/mol. The van der Waals surface area contributed by atoms with Gasteiger partial charge in [-0.15, -0.1) is 0 Å². The molecule has 0 bridgehead atoms. The molecule has 148 valence electrons. The molecule has 8 heteroatoms. The van der Waals surface area contributed by atoms with Crippen molar-refractivity contribution in [2.75, 3.05) is 18.6 Å². The quantitative estimate of drug-likeness (QED) is 0.625. The second-order valence-electron chi connectivity index (χ2n) is 6.13. The van der Waals surface area contributed by atoms with Gasteiger partial charge < -0.3 is 14.4 Å². The van der Waals surface area contributed by atoms with Gasteiger partial charge in [-0.3, -0.25) is 0 Å². The summed E-state index contributed by atoms with van der Waals surface area (Å²) in [6.45, 7) is 6.14. The number of alkyl halides is 3. The highest BCUT2D eigenvalue weighted by Crippen LogP contribution is 2.38. The molecule has 0 amide bonds. The predicted octanol–water partition coefficient (Wildman–Crippen LogP) is 5.23. The summed E-state index contributed by atoms with van der Waals surface area (Å²) in [6, 6.07) is 6.79. The maximum atomic E-state index is 13.4. The van der Waals surface area contributed by atoms with Crippen molar-refractivity contribution >= 4 is 11.5 Å². The summed E-state index contributed by atoms with van der Waals surface area (Å²) < 4.78 is 51.4. The van der Waals surface area contributed by atoms with Crippen LogP contribution in [0.3, 0.4) is 0 Å². The first-order valence-electron chi connectivity index (χ1n) is 8.83. The van der Waals surface area contributed by atoms with Crippen LogP contribution >= 0.6 is 0 Å². The zero-order chi connectivity index (χ0) is 20.0. The van der Waals surface area contributed by atoms with Gasteiger partial charge in [-0.1, -0.05) is 19.9 Å². The Balaban J connectivity index is 2.41. The first-order chi connectivity index (χ1) is 12.8. The maximum absolute atomic E-state index is 13.4. The van der Waals surface area contributed by atoms with Crippen molar-refractivity contribution in [2.24, 2.45) is 0 Å². The normalized spacial score (nSPS) is 12.6. The van der Waals surface area contributed by atoms with Crippen molar-refractivity contribution in [2.45, 2.75) is 45.9 Å². The Bertz CT molecular complexity index is 753. The number of ether oxygens (including phenoxy) is 2. The second kappa shape index (κ2) is 8.92. The Labute approximate surface area is 157 Å². The van der Waals surface area contributed by atoms with E-state index >= 15 is 0 Å². The molecule has 0 saturated heterocycles. The molecular formula is C19H24F3N3O2. The highest BCUT2D eigenvalue weighted by molar-refractivity contribution is 5.64. The van der Waals surface area contributed by atoms with E-state index < -0.39 is 11.7 Å². The summed E-state index contributed by atoms with van der Waals surface area (Å²) in [6.07, 6.45) is -2.31. The lowest BCUT2D eigenvalue weighted by Crippen LogP contribution is -2.19. The van der Waals surface area contributed by atoms with Crippen molar-refractivity contribution in [3.8, 4) is 11.8 Å². The summed E-state index contributed by atoms with van der Waals surface area (Å²) in [5, 5.41) is 0. The third kappa shape index (κ3) is 5.48. The van der Waals surface area contributed by atoms with E-state index in [-0.39, 0.29) is 17.9 Å². The van der Waals surface area contributed by atoms with Crippen LogP contribution in [0.25, 0.3) is 0 Å². The van der Waals surface area contributed by atoms with Gasteiger partial charge in [-0.05, 0) is 31.9 Å². The van der Waals surface area contributed by atoms with Crippen LogP contribution in [0.1, 0.15) is 39.2 Å². The van der Waals surface area contributed by atoms with Crippen LogP contribution in [0, 0.1) is 0 Å². The van der Waals surface area contributed by atoms with Crippen LogP contribution in [0.5, 0.6) is 11.8 Å². The molecule has 1 aromatic heterocycles. The number of halogens is 3. The Kier molecular flexibility index (Phi) is 6.87. The van der Waals surface area contributed by atoms with Gasteiger partial charge in [-0.2, -0.15) is 18.2 Å². The molecule has 5 nitrogen and oxygen atoms in total. The molecule has 1 heterocycles. The van der Waals surface area contributed by atoms with E-state index in [4.69, 9.17) is 9.47 Å².